The van der Waals surface area contributed by atoms with E-state index in [2.05, 4.69) is 10.6 Å². The van der Waals surface area contributed by atoms with Crippen LogP contribution in [0, 0.1) is 0 Å². The van der Waals surface area contributed by atoms with E-state index in [4.69, 9.17) is 9.84 Å². The van der Waals surface area contributed by atoms with Crippen LogP contribution in [0.2, 0.25) is 0 Å². The molecular weight excluding hydrogens is 276 g/mol. The first-order chi connectivity index (χ1) is 10.0. The minimum Gasteiger partial charge on any atom is -0.481 e. The summed E-state index contributed by atoms with van der Waals surface area (Å²) in [5.41, 5.74) is 0.854. The van der Waals surface area contributed by atoms with Crippen molar-refractivity contribution in [3.63, 3.8) is 0 Å². The summed E-state index contributed by atoms with van der Waals surface area (Å²) >= 11 is 0. The molecule has 2 amide bonds. The number of methoxy groups -OCH3 is 1. The molecule has 7 heteroatoms. The molecule has 1 rings (SSSR count). The number of aliphatic carboxylic acids is 1. The summed E-state index contributed by atoms with van der Waals surface area (Å²) in [4.78, 5) is 33.7. The van der Waals surface area contributed by atoms with E-state index in [9.17, 15) is 14.4 Å². The molecule has 0 aliphatic carbocycles. The fourth-order valence-electron chi connectivity index (χ4n) is 1.55. The standard InChI is InChI=1S/C14H18N2O5/c1-21-8-7-15-14(20)10-3-2-4-11(9-10)16-12(17)5-6-13(18)19/h2-4,9H,5-8H2,1H3,(H,15,20)(H,16,17)(H,18,19). The third-order valence-corrected chi connectivity index (χ3v) is 2.57. The second kappa shape index (κ2) is 8.70. The Kier molecular flexibility index (Phi) is 6.90. The van der Waals surface area contributed by atoms with E-state index in [1.165, 1.54) is 6.07 Å². The number of benzene rings is 1. The van der Waals surface area contributed by atoms with Crippen molar-refractivity contribution >= 4 is 23.5 Å². The second-order valence-corrected chi connectivity index (χ2v) is 4.27. The number of carboxylic acids is 1. The van der Waals surface area contributed by atoms with Gasteiger partial charge < -0.3 is 20.5 Å². The Labute approximate surface area is 122 Å². The van der Waals surface area contributed by atoms with Gasteiger partial charge in [0.25, 0.3) is 5.91 Å². The van der Waals surface area contributed by atoms with E-state index in [1.54, 1.807) is 25.3 Å². The number of carboxylic acid groups (broad SMARTS) is 1. The predicted molar refractivity (Wildman–Crippen MR) is 76.2 cm³/mol. The molecule has 0 spiro atoms. The SMILES string of the molecule is COCCNC(=O)c1cccc(NC(=O)CCC(=O)O)c1. The van der Waals surface area contributed by atoms with E-state index in [-0.39, 0.29) is 18.7 Å². The Morgan fingerprint density at radius 1 is 1.24 bits per heavy atom. The smallest absolute Gasteiger partial charge is 0.303 e. The lowest BCUT2D eigenvalue weighted by atomic mass is 10.2. The van der Waals surface area contributed by atoms with Crippen LogP contribution in [0.1, 0.15) is 23.2 Å². The molecule has 0 radical (unpaired) electrons. The topological polar surface area (TPSA) is 105 Å². The van der Waals surface area contributed by atoms with E-state index >= 15 is 0 Å². The number of carbonyl (C=O) groups excluding carboxylic acids is 2. The Balaban J connectivity index is 2.57. The Morgan fingerprint density at radius 3 is 2.67 bits per heavy atom. The molecule has 0 saturated carbocycles. The van der Waals surface area contributed by atoms with Crippen LogP contribution >= 0.6 is 0 Å². The van der Waals surface area contributed by atoms with Crippen LogP contribution < -0.4 is 10.6 Å². The van der Waals surface area contributed by atoms with Crippen molar-refractivity contribution in [1.29, 1.82) is 0 Å². The summed E-state index contributed by atoms with van der Waals surface area (Å²) in [5, 5.41) is 13.7. The number of hydrogen-bond donors (Lipinski definition) is 3. The summed E-state index contributed by atoms with van der Waals surface area (Å²) in [6.07, 6.45) is -0.345. The number of anilines is 1. The molecule has 0 atom stereocenters. The van der Waals surface area contributed by atoms with Crippen LogP contribution in [0.5, 0.6) is 0 Å². The van der Waals surface area contributed by atoms with Crippen LogP contribution in [0.4, 0.5) is 5.69 Å². The van der Waals surface area contributed by atoms with Crippen LogP contribution in [0.3, 0.4) is 0 Å². The number of hydrogen-bond acceptors (Lipinski definition) is 4. The highest BCUT2D eigenvalue weighted by Crippen LogP contribution is 2.11. The number of amides is 2. The molecule has 1 aromatic carbocycles. The van der Waals surface area contributed by atoms with Gasteiger partial charge in [-0.1, -0.05) is 6.07 Å². The average molecular weight is 294 g/mol. The normalized spacial score (nSPS) is 9.95. The fourth-order valence-corrected chi connectivity index (χ4v) is 1.55. The molecule has 114 valence electrons. The molecule has 0 unspecified atom stereocenters. The molecule has 7 nitrogen and oxygen atoms in total. The van der Waals surface area contributed by atoms with Crippen molar-refractivity contribution in [1.82, 2.24) is 5.32 Å². The van der Waals surface area contributed by atoms with Crippen LogP contribution in [0.15, 0.2) is 24.3 Å². The van der Waals surface area contributed by atoms with Gasteiger partial charge in [0.15, 0.2) is 0 Å². The molecule has 21 heavy (non-hydrogen) atoms. The van der Waals surface area contributed by atoms with E-state index in [1.807, 2.05) is 0 Å². The third kappa shape index (κ3) is 6.53. The van der Waals surface area contributed by atoms with Gasteiger partial charge in [0.05, 0.1) is 13.0 Å². The number of nitrogens with one attached hydrogen (secondary N) is 2. The Hall–Kier alpha value is -2.41. The highest BCUT2D eigenvalue weighted by atomic mass is 16.5. The van der Waals surface area contributed by atoms with E-state index in [0.29, 0.717) is 24.4 Å². The average Bonchev–Trinajstić information content (AvgIpc) is 2.45. The summed E-state index contributed by atoms with van der Waals surface area (Å²) < 4.78 is 4.83. The lowest BCUT2D eigenvalue weighted by Gasteiger charge is -2.08. The zero-order chi connectivity index (χ0) is 15.7. The van der Waals surface area contributed by atoms with Gasteiger partial charge in [0.2, 0.25) is 5.91 Å². The van der Waals surface area contributed by atoms with E-state index < -0.39 is 11.9 Å². The lowest BCUT2D eigenvalue weighted by Crippen LogP contribution is -2.27. The van der Waals surface area contributed by atoms with Crippen molar-refractivity contribution in [3.8, 4) is 0 Å². The summed E-state index contributed by atoms with van der Waals surface area (Å²) in [5.74, 6) is -1.71. The molecule has 0 saturated heterocycles. The molecule has 0 aliphatic rings. The van der Waals surface area contributed by atoms with Crippen molar-refractivity contribution in [3.05, 3.63) is 29.8 Å². The molecule has 3 N–H and O–H groups in total. The largest absolute Gasteiger partial charge is 0.481 e. The van der Waals surface area contributed by atoms with Gasteiger partial charge >= 0.3 is 5.97 Å². The fraction of sp³-hybridized carbons (Fsp3) is 0.357. The van der Waals surface area contributed by atoms with Gasteiger partial charge in [-0.15, -0.1) is 0 Å². The van der Waals surface area contributed by atoms with Crippen molar-refractivity contribution in [2.24, 2.45) is 0 Å². The maximum Gasteiger partial charge on any atom is 0.303 e. The quantitative estimate of drug-likeness (QED) is 0.617. The highest BCUT2D eigenvalue weighted by molar-refractivity contribution is 5.97. The van der Waals surface area contributed by atoms with Gasteiger partial charge in [-0.3, -0.25) is 14.4 Å². The van der Waals surface area contributed by atoms with Gasteiger partial charge in [0.1, 0.15) is 0 Å². The number of carbonyl (C=O) groups is 3. The Bertz CT molecular complexity index is 516. The van der Waals surface area contributed by atoms with Gasteiger partial charge in [0, 0.05) is 31.3 Å². The highest BCUT2D eigenvalue weighted by Gasteiger charge is 2.08. The zero-order valence-corrected chi connectivity index (χ0v) is 11.7. The molecule has 1 aromatic rings. The predicted octanol–water partition coefficient (Wildman–Crippen LogP) is 0.866. The molecule has 0 heterocycles. The first-order valence-corrected chi connectivity index (χ1v) is 6.41. The van der Waals surface area contributed by atoms with E-state index in [0.717, 1.165) is 0 Å². The van der Waals surface area contributed by atoms with Crippen molar-refractivity contribution in [2.45, 2.75) is 12.8 Å². The molecule has 0 bridgehead atoms. The third-order valence-electron chi connectivity index (χ3n) is 2.57. The maximum atomic E-state index is 11.8. The van der Waals surface area contributed by atoms with Crippen LogP contribution in [-0.2, 0) is 14.3 Å². The molecular formula is C14H18N2O5. The first-order valence-electron chi connectivity index (χ1n) is 6.41. The van der Waals surface area contributed by atoms with Gasteiger partial charge in [-0.05, 0) is 18.2 Å². The van der Waals surface area contributed by atoms with Crippen LogP contribution in [-0.4, -0.2) is 43.2 Å². The number of rotatable bonds is 8. The van der Waals surface area contributed by atoms with Gasteiger partial charge in [-0.25, -0.2) is 0 Å². The summed E-state index contributed by atoms with van der Waals surface area (Å²) in [6.45, 7) is 0.807. The lowest BCUT2D eigenvalue weighted by molar-refractivity contribution is -0.138. The first kappa shape index (κ1) is 16.6. The second-order valence-electron chi connectivity index (χ2n) is 4.27. The zero-order valence-electron chi connectivity index (χ0n) is 11.7. The minimum atomic E-state index is -1.03. The molecule has 0 aliphatic heterocycles. The minimum absolute atomic E-state index is 0.112. The molecule has 0 aromatic heterocycles. The summed E-state index contributed by atoms with van der Waals surface area (Å²) in [6, 6.07) is 6.42. The summed E-state index contributed by atoms with van der Waals surface area (Å²) in [7, 11) is 1.54. The maximum absolute atomic E-state index is 11.8. The van der Waals surface area contributed by atoms with Crippen LogP contribution in [0.25, 0.3) is 0 Å². The van der Waals surface area contributed by atoms with Gasteiger partial charge in [-0.2, -0.15) is 0 Å². The van der Waals surface area contributed by atoms with Crippen molar-refractivity contribution < 1.29 is 24.2 Å². The van der Waals surface area contributed by atoms with Crippen molar-refractivity contribution in [2.75, 3.05) is 25.6 Å². The Morgan fingerprint density at radius 2 is 2.00 bits per heavy atom. The monoisotopic (exact) mass is 294 g/mol. The molecule has 0 fully saturated rings. The number of ether oxygens (including phenoxy) is 1.